The van der Waals surface area contributed by atoms with Gasteiger partial charge in [0.15, 0.2) is 0 Å². The highest BCUT2D eigenvalue weighted by Crippen LogP contribution is 2.42. The van der Waals surface area contributed by atoms with Gasteiger partial charge >= 0.3 is 0 Å². The van der Waals surface area contributed by atoms with Gasteiger partial charge in [0, 0.05) is 23.6 Å². The minimum Gasteiger partial charge on any atom is -0.507 e. The fourth-order valence-corrected chi connectivity index (χ4v) is 4.52. The van der Waals surface area contributed by atoms with Gasteiger partial charge < -0.3 is 14.6 Å². The Morgan fingerprint density at radius 3 is 2.20 bits per heavy atom. The van der Waals surface area contributed by atoms with Crippen molar-refractivity contribution >= 4 is 23.1 Å². The van der Waals surface area contributed by atoms with E-state index in [0.29, 0.717) is 47.4 Å². The molecule has 0 radical (unpaired) electrons. The molecule has 5 rings (SSSR count). The molecule has 1 unspecified atom stereocenters. The molecular formula is C33H30N2O5. The van der Waals surface area contributed by atoms with Crippen molar-refractivity contribution in [1.82, 2.24) is 4.98 Å². The second-order valence-corrected chi connectivity index (χ2v) is 9.95. The van der Waals surface area contributed by atoms with Crippen LogP contribution in [0.5, 0.6) is 11.5 Å². The minimum absolute atomic E-state index is 0.00162. The van der Waals surface area contributed by atoms with Crippen LogP contribution in [0.1, 0.15) is 36.6 Å². The molecular weight excluding hydrogens is 504 g/mol. The number of ketones is 1. The SMILES string of the molecule is CC(C)COc1ccc(/C(O)=C2/C(=O)C(=O)N(c3ccc(OCc4ccccc4)cc3)C2c2cccnc2)cc1. The number of pyridine rings is 1. The summed E-state index contributed by atoms with van der Waals surface area (Å²) in [6.07, 6.45) is 3.21. The van der Waals surface area contributed by atoms with Crippen molar-refractivity contribution in [3.8, 4) is 11.5 Å². The number of hydrogen-bond donors (Lipinski definition) is 1. The van der Waals surface area contributed by atoms with Crippen LogP contribution in [0.2, 0.25) is 0 Å². The normalized spacial score (nSPS) is 16.4. The second-order valence-electron chi connectivity index (χ2n) is 9.95. The summed E-state index contributed by atoms with van der Waals surface area (Å²) in [6.45, 7) is 5.08. The number of ether oxygens (including phenoxy) is 2. The van der Waals surface area contributed by atoms with Crippen molar-refractivity contribution in [2.75, 3.05) is 11.5 Å². The van der Waals surface area contributed by atoms with E-state index in [1.54, 1.807) is 73.1 Å². The molecule has 1 N–H and O–H groups in total. The maximum absolute atomic E-state index is 13.4. The number of nitrogens with zero attached hydrogens (tertiary/aromatic N) is 2. The number of hydrogen-bond acceptors (Lipinski definition) is 6. The molecule has 1 aromatic heterocycles. The van der Waals surface area contributed by atoms with Crippen molar-refractivity contribution in [2.24, 2.45) is 5.92 Å². The molecule has 1 fully saturated rings. The van der Waals surface area contributed by atoms with Crippen LogP contribution in [0.4, 0.5) is 5.69 Å². The van der Waals surface area contributed by atoms with Crippen molar-refractivity contribution in [3.05, 3.63) is 126 Å². The van der Waals surface area contributed by atoms with E-state index in [-0.39, 0.29) is 11.3 Å². The van der Waals surface area contributed by atoms with Crippen LogP contribution < -0.4 is 14.4 Å². The molecule has 1 aliphatic rings. The first kappa shape index (κ1) is 26.7. The van der Waals surface area contributed by atoms with Crippen molar-refractivity contribution < 1.29 is 24.2 Å². The van der Waals surface area contributed by atoms with Gasteiger partial charge in [-0.3, -0.25) is 19.5 Å². The zero-order valence-electron chi connectivity index (χ0n) is 22.4. The lowest BCUT2D eigenvalue weighted by Gasteiger charge is -2.25. The van der Waals surface area contributed by atoms with Gasteiger partial charge in [0.05, 0.1) is 18.2 Å². The number of carbonyl (C=O) groups excluding carboxylic acids is 2. The van der Waals surface area contributed by atoms with E-state index in [1.807, 2.05) is 30.3 Å². The standard InChI is InChI=1S/C33H30N2O5/c1-22(2)20-39-27-14-10-24(11-15-27)31(36)29-30(25-9-6-18-34-19-25)35(33(38)32(29)37)26-12-16-28(17-13-26)40-21-23-7-4-3-5-8-23/h3-19,22,30,36H,20-21H2,1-2H3/b31-29-. The van der Waals surface area contributed by atoms with Gasteiger partial charge in [-0.15, -0.1) is 0 Å². The lowest BCUT2D eigenvalue weighted by molar-refractivity contribution is -0.132. The average Bonchev–Trinajstić information content (AvgIpc) is 3.26. The number of Topliss-reactive ketones (excluding diaryl/α,β-unsaturated/α-hetero) is 1. The molecule has 3 aromatic carbocycles. The Labute approximate surface area is 233 Å². The Hall–Kier alpha value is -4.91. The second kappa shape index (κ2) is 11.9. The zero-order chi connectivity index (χ0) is 28.1. The Kier molecular flexibility index (Phi) is 7.92. The minimum atomic E-state index is -0.860. The number of aliphatic hydroxyl groups excluding tert-OH is 1. The summed E-state index contributed by atoms with van der Waals surface area (Å²) < 4.78 is 11.6. The van der Waals surface area contributed by atoms with E-state index in [1.165, 1.54) is 4.90 Å². The lowest BCUT2D eigenvalue weighted by atomic mass is 9.96. The molecule has 7 nitrogen and oxygen atoms in total. The fraction of sp³-hybridized carbons (Fsp3) is 0.182. The van der Waals surface area contributed by atoms with E-state index in [9.17, 15) is 14.7 Å². The molecule has 1 amide bonds. The summed E-state index contributed by atoms with van der Waals surface area (Å²) in [5.74, 6) is -0.104. The molecule has 40 heavy (non-hydrogen) atoms. The number of amides is 1. The molecule has 0 spiro atoms. The topological polar surface area (TPSA) is 89.0 Å². The van der Waals surface area contributed by atoms with Crippen LogP contribution in [0.15, 0.2) is 109 Å². The lowest BCUT2D eigenvalue weighted by Crippen LogP contribution is -2.29. The molecule has 1 saturated heterocycles. The molecule has 0 aliphatic carbocycles. The van der Waals surface area contributed by atoms with Crippen LogP contribution >= 0.6 is 0 Å². The molecule has 0 saturated carbocycles. The molecule has 1 aliphatic heterocycles. The van der Waals surface area contributed by atoms with Gasteiger partial charge in [-0.25, -0.2) is 0 Å². The summed E-state index contributed by atoms with van der Waals surface area (Å²) >= 11 is 0. The largest absolute Gasteiger partial charge is 0.507 e. The van der Waals surface area contributed by atoms with Crippen LogP contribution in [0, 0.1) is 5.92 Å². The van der Waals surface area contributed by atoms with Gasteiger partial charge in [-0.2, -0.15) is 0 Å². The average molecular weight is 535 g/mol. The molecule has 0 bridgehead atoms. The fourth-order valence-electron chi connectivity index (χ4n) is 4.52. The summed E-state index contributed by atoms with van der Waals surface area (Å²) in [7, 11) is 0. The van der Waals surface area contributed by atoms with Crippen molar-refractivity contribution in [3.63, 3.8) is 0 Å². The maximum atomic E-state index is 13.4. The van der Waals surface area contributed by atoms with Crippen LogP contribution in [-0.4, -0.2) is 28.4 Å². The third kappa shape index (κ3) is 5.73. The number of rotatable bonds is 9. The van der Waals surface area contributed by atoms with Crippen molar-refractivity contribution in [1.29, 1.82) is 0 Å². The number of aromatic nitrogens is 1. The Bertz CT molecular complexity index is 1500. The smallest absolute Gasteiger partial charge is 0.300 e. The van der Waals surface area contributed by atoms with Crippen LogP contribution in [-0.2, 0) is 16.2 Å². The Morgan fingerprint density at radius 1 is 0.875 bits per heavy atom. The summed E-state index contributed by atoms with van der Waals surface area (Å²) in [5, 5.41) is 11.3. The third-order valence-corrected chi connectivity index (χ3v) is 6.52. The molecule has 2 heterocycles. The molecule has 1 atom stereocenters. The van der Waals surface area contributed by atoms with Crippen LogP contribution in [0.3, 0.4) is 0 Å². The summed E-state index contributed by atoms with van der Waals surface area (Å²) in [4.78, 5) is 32.4. The molecule has 7 heteroatoms. The maximum Gasteiger partial charge on any atom is 0.300 e. The summed E-state index contributed by atoms with van der Waals surface area (Å²) in [5.41, 5.74) is 2.55. The summed E-state index contributed by atoms with van der Waals surface area (Å²) in [6, 6.07) is 26.3. The zero-order valence-corrected chi connectivity index (χ0v) is 22.4. The van der Waals surface area contributed by atoms with E-state index in [0.717, 1.165) is 5.56 Å². The van der Waals surface area contributed by atoms with Crippen molar-refractivity contribution in [2.45, 2.75) is 26.5 Å². The first-order chi connectivity index (χ1) is 19.4. The molecule has 202 valence electrons. The highest BCUT2D eigenvalue weighted by molar-refractivity contribution is 6.51. The molecule has 4 aromatic rings. The predicted octanol–water partition coefficient (Wildman–Crippen LogP) is 6.32. The van der Waals surface area contributed by atoms with Gasteiger partial charge in [0.1, 0.15) is 23.9 Å². The highest BCUT2D eigenvalue weighted by Gasteiger charge is 2.47. The highest BCUT2D eigenvalue weighted by atomic mass is 16.5. The number of aliphatic hydroxyl groups is 1. The van der Waals surface area contributed by atoms with E-state index in [4.69, 9.17) is 9.47 Å². The van der Waals surface area contributed by atoms with E-state index < -0.39 is 17.7 Å². The van der Waals surface area contributed by atoms with Gasteiger partial charge in [0.2, 0.25) is 0 Å². The van der Waals surface area contributed by atoms with E-state index in [2.05, 4.69) is 18.8 Å². The number of benzene rings is 3. The monoisotopic (exact) mass is 534 g/mol. The van der Waals surface area contributed by atoms with Gasteiger partial charge in [0.25, 0.3) is 11.7 Å². The number of carbonyl (C=O) groups is 2. The van der Waals surface area contributed by atoms with E-state index >= 15 is 0 Å². The predicted molar refractivity (Wildman–Crippen MR) is 153 cm³/mol. The first-order valence-corrected chi connectivity index (χ1v) is 13.1. The van der Waals surface area contributed by atoms with Gasteiger partial charge in [-0.05, 0) is 71.6 Å². The Balaban J connectivity index is 1.47. The third-order valence-electron chi connectivity index (χ3n) is 6.52. The first-order valence-electron chi connectivity index (χ1n) is 13.1. The van der Waals surface area contributed by atoms with Gasteiger partial charge in [-0.1, -0.05) is 50.2 Å². The quantitative estimate of drug-likeness (QED) is 0.154. The van der Waals surface area contributed by atoms with Crippen LogP contribution in [0.25, 0.3) is 5.76 Å². The number of anilines is 1. The Morgan fingerprint density at radius 2 is 1.55 bits per heavy atom.